The van der Waals surface area contributed by atoms with Crippen LogP contribution in [-0.4, -0.2) is 23.0 Å². The van der Waals surface area contributed by atoms with E-state index in [9.17, 15) is 9.59 Å². The quantitative estimate of drug-likeness (QED) is 0.624. The van der Waals surface area contributed by atoms with Gasteiger partial charge in [-0.1, -0.05) is 35.9 Å². The molecule has 0 unspecified atom stereocenters. The van der Waals surface area contributed by atoms with Gasteiger partial charge in [0.15, 0.2) is 11.8 Å². The van der Waals surface area contributed by atoms with Crippen LogP contribution < -0.4 is 5.32 Å². The Kier molecular flexibility index (Phi) is 5.80. The van der Waals surface area contributed by atoms with Gasteiger partial charge in [0.1, 0.15) is 5.76 Å². The number of benzene rings is 2. The SMILES string of the molecule is Cc1ccc(Cl)cc1NC(=O)[C@@H](C)OC(=O)c1nc(-c2ccccc2)oc1C. The summed E-state index contributed by atoms with van der Waals surface area (Å²) in [5, 5.41) is 3.21. The zero-order chi connectivity index (χ0) is 20.3. The molecule has 0 radical (unpaired) electrons. The third-order valence-corrected chi connectivity index (χ3v) is 4.36. The van der Waals surface area contributed by atoms with E-state index >= 15 is 0 Å². The molecule has 7 heteroatoms. The first kappa shape index (κ1) is 19.6. The van der Waals surface area contributed by atoms with Gasteiger partial charge in [0, 0.05) is 16.3 Å². The Balaban J connectivity index is 1.69. The molecule has 0 fully saturated rings. The Morgan fingerprint density at radius 1 is 1.14 bits per heavy atom. The molecule has 1 heterocycles. The molecule has 6 nitrogen and oxygen atoms in total. The van der Waals surface area contributed by atoms with E-state index in [0.717, 1.165) is 11.1 Å². The van der Waals surface area contributed by atoms with E-state index in [-0.39, 0.29) is 5.69 Å². The van der Waals surface area contributed by atoms with Crippen LogP contribution in [0.5, 0.6) is 0 Å². The molecule has 1 amide bonds. The van der Waals surface area contributed by atoms with Crippen molar-refractivity contribution in [3.63, 3.8) is 0 Å². The molecule has 0 aliphatic carbocycles. The van der Waals surface area contributed by atoms with Gasteiger partial charge >= 0.3 is 5.97 Å². The van der Waals surface area contributed by atoms with E-state index in [0.29, 0.717) is 22.4 Å². The number of esters is 1. The number of anilines is 1. The largest absolute Gasteiger partial charge is 0.448 e. The smallest absolute Gasteiger partial charge is 0.361 e. The Morgan fingerprint density at radius 2 is 1.86 bits per heavy atom. The average molecular weight is 399 g/mol. The second-order valence-electron chi connectivity index (χ2n) is 6.29. The third kappa shape index (κ3) is 4.40. The van der Waals surface area contributed by atoms with Gasteiger partial charge in [-0.3, -0.25) is 4.79 Å². The molecule has 0 aliphatic rings. The fraction of sp³-hybridized carbons (Fsp3) is 0.190. The van der Waals surface area contributed by atoms with E-state index in [4.69, 9.17) is 20.8 Å². The van der Waals surface area contributed by atoms with Crippen LogP contribution in [0.3, 0.4) is 0 Å². The number of nitrogens with zero attached hydrogens (tertiary/aromatic N) is 1. The molecule has 1 N–H and O–H groups in total. The number of ether oxygens (including phenoxy) is 1. The molecule has 2 aromatic carbocycles. The van der Waals surface area contributed by atoms with Crippen molar-refractivity contribution in [1.29, 1.82) is 0 Å². The highest BCUT2D eigenvalue weighted by molar-refractivity contribution is 6.31. The van der Waals surface area contributed by atoms with Gasteiger partial charge in [-0.05, 0) is 50.6 Å². The lowest BCUT2D eigenvalue weighted by Crippen LogP contribution is -2.30. The number of halogens is 1. The highest BCUT2D eigenvalue weighted by Crippen LogP contribution is 2.23. The molecule has 0 bridgehead atoms. The van der Waals surface area contributed by atoms with Crippen LogP contribution in [0, 0.1) is 13.8 Å². The summed E-state index contributed by atoms with van der Waals surface area (Å²) in [5.41, 5.74) is 2.19. The zero-order valence-corrected chi connectivity index (χ0v) is 16.4. The Bertz CT molecular complexity index is 1010. The minimum atomic E-state index is -1.03. The van der Waals surface area contributed by atoms with Crippen LogP contribution in [0.2, 0.25) is 5.02 Å². The zero-order valence-electron chi connectivity index (χ0n) is 15.7. The molecule has 3 aromatic rings. The summed E-state index contributed by atoms with van der Waals surface area (Å²) >= 11 is 5.96. The first-order valence-corrected chi connectivity index (χ1v) is 9.04. The van der Waals surface area contributed by atoms with Crippen molar-refractivity contribution < 1.29 is 18.7 Å². The molecule has 144 valence electrons. The van der Waals surface area contributed by atoms with E-state index < -0.39 is 18.0 Å². The fourth-order valence-corrected chi connectivity index (χ4v) is 2.70. The van der Waals surface area contributed by atoms with Gasteiger partial charge in [0.25, 0.3) is 5.91 Å². The van der Waals surface area contributed by atoms with Crippen molar-refractivity contribution >= 4 is 29.2 Å². The lowest BCUT2D eigenvalue weighted by molar-refractivity contribution is -0.123. The van der Waals surface area contributed by atoms with E-state index in [1.54, 1.807) is 25.1 Å². The maximum atomic E-state index is 12.5. The minimum Gasteiger partial charge on any atom is -0.448 e. The van der Waals surface area contributed by atoms with Crippen molar-refractivity contribution in [2.75, 3.05) is 5.32 Å². The minimum absolute atomic E-state index is 0.0393. The molecule has 1 aromatic heterocycles. The number of aryl methyl sites for hydroxylation is 2. The lowest BCUT2D eigenvalue weighted by Gasteiger charge is -2.14. The second-order valence-corrected chi connectivity index (χ2v) is 6.72. The molecular formula is C21H19ClN2O4. The Labute approximate surface area is 167 Å². The molecule has 28 heavy (non-hydrogen) atoms. The predicted molar refractivity (Wildman–Crippen MR) is 106 cm³/mol. The first-order valence-electron chi connectivity index (χ1n) is 8.66. The molecule has 0 saturated carbocycles. The lowest BCUT2D eigenvalue weighted by atomic mass is 10.2. The molecule has 0 aliphatic heterocycles. The van der Waals surface area contributed by atoms with Crippen LogP contribution >= 0.6 is 11.6 Å². The number of carbonyl (C=O) groups excluding carboxylic acids is 2. The molecule has 0 spiro atoms. The summed E-state index contributed by atoms with van der Waals surface area (Å²) in [5.74, 6) is -0.559. The van der Waals surface area contributed by atoms with Crippen molar-refractivity contribution in [3.8, 4) is 11.5 Å². The van der Waals surface area contributed by atoms with Gasteiger partial charge < -0.3 is 14.5 Å². The normalized spacial score (nSPS) is 11.7. The molecule has 0 saturated heterocycles. The van der Waals surface area contributed by atoms with Gasteiger partial charge in [-0.25, -0.2) is 9.78 Å². The topological polar surface area (TPSA) is 81.4 Å². The number of hydrogen-bond acceptors (Lipinski definition) is 5. The molecule has 1 atom stereocenters. The Morgan fingerprint density at radius 3 is 2.57 bits per heavy atom. The average Bonchev–Trinajstić information content (AvgIpc) is 3.07. The van der Waals surface area contributed by atoms with E-state index in [1.165, 1.54) is 6.92 Å². The van der Waals surface area contributed by atoms with Crippen LogP contribution in [0.1, 0.15) is 28.7 Å². The molecule has 3 rings (SSSR count). The van der Waals surface area contributed by atoms with Crippen molar-refractivity contribution in [2.24, 2.45) is 0 Å². The van der Waals surface area contributed by atoms with Crippen molar-refractivity contribution in [2.45, 2.75) is 26.9 Å². The van der Waals surface area contributed by atoms with Crippen LogP contribution in [0.4, 0.5) is 5.69 Å². The summed E-state index contributed by atoms with van der Waals surface area (Å²) in [6.07, 6.45) is -1.03. The van der Waals surface area contributed by atoms with Gasteiger partial charge in [0.05, 0.1) is 0 Å². The molecular weight excluding hydrogens is 380 g/mol. The van der Waals surface area contributed by atoms with E-state index in [1.807, 2.05) is 37.3 Å². The second kappa shape index (κ2) is 8.27. The maximum Gasteiger partial charge on any atom is 0.361 e. The number of aromatic nitrogens is 1. The highest BCUT2D eigenvalue weighted by Gasteiger charge is 2.24. The fourth-order valence-electron chi connectivity index (χ4n) is 2.52. The monoisotopic (exact) mass is 398 g/mol. The van der Waals surface area contributed by atoms with Gasteiger partial charge in [-0.2, -0.15) is 0 Å². The summed E-state index contributed by atoms with van der Waals surface area (Å²) < 4.78 is 10.8. The van der Waals surface area contributed by atoms with E-state index in [2.05, 4.69) is 10.3 Å². The summed E-state index contributed by atoms with van der Waals surface area (Å²) in [4.78, 5) is 29.0. The summed E-state index contributed by atoms with van der Waals surface area (Å²) in [7, 11) is 0. The summed E-state index contributed by atoms with van der Waals surface area (Å²) in [6.45, 7) is 4.95. The standard InChI is InChI=1S/C21H19ClN2O4/c1-12-9-10-16(22)11-17(12)23-19(25)14(3)28-21(26)18-13(2)27-20(24-18)15-7-5-4-6-8-15/h4-11,14H,1-3H3,(H,23,25)/t14-/m1/s1. The van der Waals surface area contributed by atoms with Crippen molar-refractivity contribution in [3.05, 3.63) is 70.6 Å². The first-order chi connectivity index (χ1) is 13.3. The number of nitrogens with one attached hydrogen (secondary N) is 1. The summed E-state index contributed by atoms with van der Waals surface area (Å²) in [6, 6.07) is 14.4. The number of rotatable bonds is 5. The Hall–Kier alpha value is -3.12. The highest BCUT2D eigenvalue weighted by atomic mass is 35.5. The van der Waals surface area contributed by atoms with Crippen LogP contribution in [0.15, 0.2) is 52.9 Å². The van der Waals surface area contributed by atoms with Crippen LogP contribution in [-0.2, 0) is 9.53 Å². The third-order valence-electron chi connectivity index (χ3n) is 4.12. The van der Waals surface area contributed by atoms with Gasteiger partial charge in [-0.15, -0.1) is 0 Å². The number of carbonyl (C=O) groups is 2. The number of hydrogen-bond donors (Lipinski definition) is 1. The predicted octanol–water partition coefficient (Wildman–Crippen LogP) is 4.80. The van der Waals surface area contributed by atoms with Crippen molar-refractivity contribution in [1.82, 2.24) is 4.98 Å². The number of oxazole rings is 1. The number of amides is 1. The van der Waals surface area contributed by atoms with Gasteiger partial charge in [0.2, 0.25) is 5.89 Å². The maximum absolute atomic E-state index is 12.5. The van der Waals surface area contributed by atoms with Crippen LogP contribution in [0.25, 0.3) is 11.5 Å².